The Bertz CT molecular complexity index is 468. The lowest BCUT2D eigenvalue weighted by Crippen LogP contribution is -2.13. The molecule has 16 heavy (non-hydrogen) atoms. The van der Waals surface area contributed by atoms with Crippen molar-refractivity contribution in [3.63, 3.8) is 0 Å². The standard InChI is InChI=1S/C12H13ClN2O/c1-9-3-2-4-10(15-9)7-14-8-11-5-6-12(13)16-11/h2-6,14H,7-8H2,1H3. The van der Waals surface area contributed by atoms with Crippen molar-refractivity contribution in [1.29, 1.82) is 0 Å². The zero-order valence-corrected chi connectivity index (χ0v) is 9.79. The maximum Gasteiger partial charge on any atom is 0.193 e. The largest absolute Gasteiger partial charge is 0.448 e. The molecule has 2 heterocycles. The first-order chi connectivity index (χ1) is 7.74. The molecule has 84 valence electrons. The lowest BCUT2D eigenvalue weighted by molar-refractivity contribution is 0.483. The lowest BCUT2D eigenvalue weighted by atomic mass is 10.3. The number of aromatic nitrogens is 1. The highest BCUT2D eigenvalue weighted by molar-refractivity contribution is 6.28. The van der Waals surface area contributed by atoms with Crippen molar-refractivity contribution >= 4 is 11.6 Å². The number of nitrogens with zero attached hydrogens (tertiary/aromatic N) is 1. The van der Waals surface area contributed by atoms with Gasteiger partial charge in [0.2, 0.25) is 0 Å². The predicted molar refractivity (Wildman–Crippen MR) is 63.2 cm³/mol. The van der Waals surface area contributed by atoms with Crippen molar-refractivity contribution in [1.82, 2.24) is 10.3 Å². The monoisotopic (exact) mass is 236 g/mol. The summed E-state index contributed by atoms with van der Waals surface area (Å²) in [6.45, 7) is 3.36. The maximum atomic E-state index is 5.67. The summed E-state index contributed by atoms with van der Waals surface area (Å²) in [6.07, 6.45) is 0. The molecule has 0 spiro atoms. The van der Waals surface area contributed by atoms with Crippen LogP contribution in [0, 0.1) is 6.92 Å². The fraction of sp³-hybridized carbons (Fsp3) is 0.250. The van der Waals surface area contributed by atoms with Gasteiger partial charge < -0.3 is 9.73 Å². The number of hydrogen-bond donors (Lipinski definition) is 1. The quantitative estimate of drug-likeness (QED) is 0.887. The first-order valence-corrected chi connectivity index (χ1v) is 5.49. The van der Waals surface area contributed by atoms with Crippen LogP contribution in [0.15, 0.2) is 34.7 Å². The number of aryl methyl sites for hydroxylation is 1. The van der Waals surface area contributed by atoms with Crippen LogP contribution in [0.3, 0.4) is 0 Å². The van der Waals surface area contributed by atoms with Gasteiger partial charge in [-0.05, 0) is 42.8 Å². The number of pyridine rings is 1. The van der Waals surface area contributed by atoms with Crippen LogP contribution in [-0.2, 0) is 13.1 Å². The van der Waals surface area contributed by atoms with E-state index in [1.165, 1.54) is 0 Å². The molecule has 0 saturated carbocycles. The molecule has 0 aliphatic rings. The topological polar surface area (TPSA) is 38.1 Å². The summed E-state index contributed by atoms with van der Waals surface area (Å²) < 4.78 is 5.23. The Labute approximate surface area is 99.5 Å². The first-order valence-electron chi connectivity index (χ1n) is 5.11. The Morgan fingerprint density at radius 2 is 2.12 bits per heavy atom. The Kier molecular flexibility index (Phi) is 3.59. The molecule has 4 heteroatoms. The molecule has 2 rings (SSSR count). The van der Waals surface area contributed by atoms with Crippen molar-refractivity contribution in [2.45, 2.75) is 20.0 Å². The molecule has 0 atom stereocenters. The van der Waals surface area contributed by atoms with Crippen molar-refractivity contribution in [2.24, 2.45) is 0 Å². The van der Waals surface area contributed by atoms with E-state index in [4.69, 9.17) is 16.0 Å². The molecule has 1 N–H and O–H groups in total. The molecule has 0 unspecified atom stereocenters. The summed E-state index contributed by atoms with van der Waals surface area (Å²) in [5.74, 6) is 0.831. The molecule has 0 radical (unpaired) electrons. The number of rotatable bonds is 4. The SMILES string of the molecule is Cc1cccc(CNCc2ccc(Cl)o2)n1. The molecule has 0 aliphatic heterocycles. The van der Waals surface area contributed by atoms with Crippen molar-refractivity contribution < 1.29 is 4.42 Å². The average Bonchev–Trinajstić information content (AvgIpc) is 2.64. The first kappa shape index (κ1) is 11.2. The van der Waals surface area contributed by atoms with Crippen molar-refractivity contribution in [3.05, 3.63) is 52.7 Å². The molecule has 2 aromatic heterocycles. The summed E-state index contributed by atoms with van der Waals surface area (Å²) >= 11 is 5.67. The molecule has 2 aromatic rings. The van der Waals surface area contributed by atoms with Gasteiger partial charge in [0.15, 0.2) is 5.22 Å². The van der Waals surface area contributed by atoms with Crippen LogP contribution in [-0.4, -0.2) is 4.98 Å². The second-order valence-corrected chi connectivity index (χ2v) is 3.95. The summed E-state index contributed by atoms with van der Waals surface area (Å²) in [7, 11) is 0. The van der Waals surface area contributed by atoms with E-state index >= 15 is 0 Å². The van der Waals surface area contributed by atoms with Crippen molar-refractivity contribution in [3.8, 4) is 0 Å². The number of furan rings is 1. The van der Waals surface area contributed by atoms with E-state index in [1.54, 1.807) is 6.07 Å². The molecule has 0 aliphatic carbocycles. The van der Waals surface area contributed by atoms with E-state index in [0.717, 1.165) is 23.7 Å². The van der Waals surface area contributed by atoms with Crippen LogP contribution >= 0.6 is 11.6 Å². The number of hydrogen-bond acceptors (Lipinski definition) is 3. The third-order valence-electron chi connectivity index (χ3n) is 2.18. The van der Waals surface area contributed by atoms with Gasteiger partial charge >= 0.3 is 0 Å². The van der Waals surface area contributed by atoms with Crippen LogP contribution in [0.5, 0.6) is 0 Å². The minimum absolute atomic E-state index is 0.422. The Hall–Kier alpha value is -1.32. The van der Waals surface area contributed by atoms with Crippen LogP contribution < -0.4 is 5.32 Å². The fourth-order valence-corrected chi connectivity index (χ4v) is 1.62. The third kappa shape index (κ3) is 3.08. The molecule has 0 aromatic carbocycles. The minimum atomic E-state index is 0.422. The highest BCUT2D eigenvalue weighted by Gasteiger charge is 1.99. The van der Waals surface area contributed by atoms with Gasteiger partial charge in [-0.2, -0.15) is 0 Å². The fourth-order valence-electron chi connectivity index (χ4n) is 1.46. The molecule has 0 fully saturated rings. The second kappa shape index (κ2) is 5.14. The van der Waals surface area contributed by atoms with Crippen LogP contribution in [0.4, 0.5) is 0 Å². The Morgan fingerprint density at radius 3 is 2.81 bits per heavy atom. The molecule has 3 nitrogen and oxygen atoms in total. The Balaban J connectivity index is 1.84. The summed E-state index contributed by atoms with van der Waals surface area (Å²) in [5.41, 5.74) is 2.05. The highest BCUT2D eigenvalue weighted by Crippen LogP contribution is 2.12. The molecular weight excluding hydrogens is 224 g/mol. The van der Waals surface area contributed by atoms with Crippen LogP contribution in [0.1, 0.15) is 17.1 Å². The zero-order valence-electron chi connectivity index (χ0n) is 9.03. The molecule has 0 saturated heterocycles. The van der Waals surface area contributed by atoms with Gasteiger partial charge in [-0.15, -0.1) is 0 Å². The summed E-state index contributed by atoms with van der Waals surface area (Å²) in [6, 6.07) is 9.58. The third-order valence-corrected chi connectivity index (χ3v) is 2.38. The van der Waals surface area contributed by atoms with Crippen molar-refractivity contribution in [2.75, 3.05) is 0 Å². The molecular formula is C12H13ClN2O. The second-order valence-electron chi connectivity index (χ2n) is 3.58. The van der Waals surface area contributed by atoms with E-state index in [1.807, 2.05) is 31.2 Å². The maximum absolute atomic E-state index is 5.67. The average molecular weight is 237 g/mol. The van der Waals surface area contributed by atoms with E-state index in [-0.39, 0.29) is 0 Å². The lowest BCUT2D eigenvalue weighted by Gasteiger charge is -2.02. The van der Waals surface area contributed by atoms with Gasteiger partial charge in [0.25, 0.3) is 0 Å². The Morgan fingerprint density at radius 1 is 1.25 bits per heavy atom. The normalized spacial score (nSPS) is 10.6. The van der Waals surface area contributed by atoms with Gasteiger partial charge in [-0.25, -0.2) is 0 Å². The van der Waals surface area contributed by atoms with Gasteiger partial charge in [0, 0.05) is 12.2 Å². The van der Waals surface area contributed by atoms with E-state index in [0.29, 0.717) is 11.8 Å². The van der Waals surface area contributed by atoms with Gasteiger partial charge in [-0.1, -0.05) is 6.07 Å². The van der Waals surface area contributed by atoms with E-state index in [2.05, 4.69) is 10.3 Å². The molecule has 0 bridgehead atoms. The zero-order chi connectivity index (χ0) is 11.4. The molecule has 0 amide bonds. The highest BCUT2D eigenvalue weighted by atomic mass is 35.5. The minimum Gasteiger partial charge on any atom is -0.448 e. The predicted octanol–water partition coefficient (Wildman–Crippen LogP) is 2.93. The van der Waals surface area contributed by atoms with Gasteiger partial charge in [0.1, 0.15) is 5.76 Å². The van der Waals surface area contributed by atoms with E-state index in [9.17, 15) is 0 Å². The van der Waals surface area contributed by atoms with Crippen LogP contribution in [0.25, 0.3) is 0 Å². The summed E-state index contributed by atoms with van der Waals surface area (Å²) in [5, 5.41) is 3.67. The number of nitrogens with one attached hydrogen (secondary N) is 1. The van der Waals surface area contributed by atoms with Crippen LogP contribution in [0.2, 0.25) is 5.22 Å². The van der Waals surface area contributed by atoms with E-state index < -0.39 is 0 Å². The smallest absolute Gasteiger partial charge is 0.193 e. The van der Waals surface area contributed by atoms with Gasteiger partial charge in [-0.3, -0.25) is 4.98 Å². The summed E-state index contributed by atoms with van der Waals surface area (Å²) in [4.78, 5) is 4.39. The number of halogens is 1. The van der Waals surface area contributed by atoms with Gasteiger partial charge in [0.05, 0.1) is 12.2 Å².